The lowest BCUT2D eigenvalue weighted by Crippen LogP contribution is -2.50. The zero-order valence-corrected chi connectivity index (χ0v) is 28.1. The van der Waals surface area contributed by atoms with Gasteiger partial charge < -0.3 is 50.1 Å². The first kappa shape index (κ1) is 33.6. The third kappa shape index (κ3) is 5.73. The molecule has 6 N–H and O–H groups in total. The number of fused-ring (bicyclic) bond motifs is 6. The Kier molecular flexibility index (Phi) is 8.05. The molecule has 274 valence electrons. The average Bonchev–Trinajstić information content (AvgIpc) is 3.85. The lowest BCUT2D eigenvalue weighted by molar-refractivity contribution is -0.201. The Morgan fingerprint density at radius 3 is 2.75 bits per heavy atom. The third-order valence-electron chi connectivity index (χ3n) is 10.6. The van der Waals surface area contributed by atoms with Crippen molar-refractivity contribution in [3.05, 3.63) is 85.9 Å². The van der Waals surface area contributed by atoms with Crippen molar-refractivity contribution in [3.63, 3.8) is 0 Å². The quantitative estimate of drug-likeness (QED) is 0.108. The van der Waals surface area contributed by atoms with E-state index in [0.717, 1.165) is 27.6 Å². The fraction of sp³-hybridized carbons (Fsp3) is 0.378. The number of esters is 1. The van der Waals surface area contributed by atoms with Gasteiger partial charge >= 0.3 is 11.9 Å². The van der Waals surface area contributed by atoms with Crippen molar-refractivity contribution in [3.8, 4) is 17.1 Å². The maximum atomic E-state index is 14.9. The second-order valence-corrected chi connectivity index (χ2v) is 13.9. The Morgan fingerprint density at radius 1 is 1.09 bits per heavy atom. The van der Waals surface area contributed by atoms with E-state index in [0.29, 0.717) is 47.4 Å². The van der Waals surface area contributed by atoms with Gasteiger partial charge in [-0.3, -0.25) is 14.4 Å². The number of carboxylic acid groups (broad SMARTS) is 1. The van der Waals surface area contributed by atoms with Gasteiger partial charge in [-0.1, -0.05) is 6.07 Å². The number of carboxylic acids is 1. The summed E-state index contributed by atoms with van der Waals surface area (Å²) in [6.45, 7) is 0.598. The molecule has 1 aliphatic carbocycles. The number of aliphatic hydroxyl groups is 1. The molecule has 6 heterocycles. The highest BCUT2D eigenvalue weighted by atomic mass is 19.1. The van der Waals surface area contributed by atoms with Gasteiger partial charge in [-0.15, -0.1) is 0 Å². The van der Waals surface area contributed by atoms with E-state index >= 15 is 0 Å². The number of cyclic esters (lactones) is 1. The standard InChI is InChI=1S/C37H34FN5O10/c38-18-8-16-2-3-21(29-19-13-43-24(30(19)42-23(11-18)28(16)29)9-17-10-27(45)50-14-20(17)35(43)47)40-12-15-1-4-25(22(7-15)41-26(44)5-6-39)51-37-31(46)32-33(52-32)34(53-37)36(48)49/h1,4,7-9,11,21,31-34,37,40,46H,2-3,5-6,10,12-14,39H2,(H,41,44)(H,48,49). The van der Waals surface area contributed by atoms with Crippen molar-refractivity contribution in [2.75, 3.05) is 11.9 Å². The number of epoxide rings is 1. The number of benzene rings is 2. The zero-order valence-electron chi connectivity index (χ0n) is 28.1. The Labute approximate surface area is 299 Å². The Balaban J connectivity index is 1.04. The van der Waals surface area contributed by atoms with E-state index in [-0.39, 0.29) is 61.5 Å². The van der Waals surface area contributed by atoms with Crippen LogP contribution in [0.15, 0.2) is 41.2 Å². The number of halogens is 1. The number of amides is 1. The summed E-state index contributed by atoms with van der Waals surface area (Å²) in [5, 5.41) is 27.5. The number of aromatic nitrogens is 2. The molecule has 4 aliphatic heterocycles. The van der Waals surface area contributed by atoms with Crippen LogP contribution < -0.4 is 26.7 Å². The van der Waals surface area contributed by atoms with Gasteiger partial charge in [0.25, 0.3) is 5.56 Å². The van der Waals surface area contributed by atoms with E-state index in [1.54, 1.807) is 22.8 Å². The summed E-state index contributed by atoms with van der Waals surface area (Å²) < 4.78 is 38.5. The Bertz CT molecular complexity index is 2310. The fourth-order valence-corrected chi connectivity index (χ4v) is 8.04. The number of nitrogens with two attached hydrogens (primary N) is 1. The molecule has 6 atom stereocenters. The molecule has 0 radical (unpaired) electrons. The molecular formula is C37H34FN5O10. The van der Waals surface area contributed by atoms with Gasteiger partial charge in [0, 0.05) is 42.6 Å². The number of anilines is 1. The van der Waals surface area contributed by atoms with Crippen molar-refractivity contribution in [2.45, 2.75) is 82.1 Å². The molecule has 4 aromatic rings. The number of carbonyl (C=O) groups is 3. The molecule has 0 bridgehead atoms. The van der Waals surface area contributed by atoms with Gasteiger partial charge in [0.2, 0.25) is 12.2 Å². The summed E-state index contributed by atoms with van der Waals surface area (Å²) in [5.74, 6) is -2.28. The highest BCUT2D eigenvalue weighted by Gasteiger charge is 2.60. The van der Waals surface area contributed by atoms with Gasteiger partial charge in [0.05, 0.1) is 41.1 Å². The van der Waals surface area contributed by atoms with Crippen LogP contribution in [0.25, 0.3) is 22.3 Å². The summed E-state index contributed by atoms with van der Waals surface area (Å²) in [5.41, 5.74) is 11.7. The topological polar surface area (TPSA) is 217 Å². The first-order chi connectivity index (χ1) is 25.6. The molecule has 16 heteroatoms. The van der Waals surface area contributed by atoms with Crippen LogP contribution in [0.1, 0.15) is 52.3 Å². The maximum absolute atomic E-state index is 14.9. The molecular weight excluding hydrogens is 693 g/mol. The SMILES string of the molecule is NCCC(=O)Nc1cc(CNC2CCc3cc(F)cc4nc5c(c2c34)Cn2c-5cc3c(c2=O)COC(=O)C3)ccc1OC1OC(C(=O)O)C2OC2C1O. The molecule has 53 heavy (non-hydrogen) atoms. The van der Waals surface area contributed by atoms with Crippen LogP contribution >= 0.6 is 0 Å². The summed E-state index contributed by atoms with van der Waals surface area (Å²) in [4.78, 5) is 55.0. The molecule has 2 aromatic heterocycles. The van der Waals surface area contributed by atoms with E-state index in [1.165, 1.54) is 12.1 Å². The summed E-state index contributed by atoms with van der Waals surface area (Å²) in [6, 6.07) is 9.59. The minimum absolute atomic E-state index is 0.0118. The molecule has 9 rings (SSSR count). The first-order valence-electron chi connectivity index (χ1n) is 17.4. The first-order valence-corrected chi connectivity index (χ1v) is 17.4. The number of rotatable bonds is 9. The fourth-order valence-electron chi connectivity index (χ4n) is 8.04. The molecule has 0 saturated carbocycles. The minimum atomic E-state index is -1.37. The molecule has 2 aromatic carbocycles. The van der Waals surface area contributed by atoms with Gasteiger partial charge in [-0.05, 0) is 59.4 Å². The number of pyridine rings is 2. The van der Waals surface area contributed by atoms with Crippen LogP contribution in [0.2, 0.25) is 0 Å². The van der Waals surface area contributed by atoms with Gasteiger partial charge in [0.15, 0.2) is 6.10 Å². The van der Waals surface area contributed by atoms with Crippen LogP contribution in [0.5, 0.6) is 5.75 Å². The Hall–Kier alpha value is -5.26. The van der Waals surface area contributed by atoms with E-state index in [4.69, 9.17) is 29.7 Å². The van der Waals surface area contributed by atoms with Gasteiger partial charge in [-0.2, -0.15) is 0 Å². The second kappa shape index (κ2) is 12.7. The molecule has 2 saturated heterocycles. The molecule has 0 spiro atoms. The predicted molar refractivity (Wildman–Crippen MR) is 182 cm³/mol. The van der Waals surface area contributed by atoms with Crippen molar-refractivity contribution >= 4 is 34.4 Å². The number of nitrogens with zero attached hydrogens (tertiary/aromatic N) is 2. The largest absolute Gasteiger partial charge is 0.479 e. The highest BCUT2D eigenvalue weighted by Crippen LogP contribution is 2.44. The van der Waals surface area contributed by atoms with Crippen molar-refractivity contribution < 1.29 is 47.9 Å². The molecule has 6 unspecified atom stereocenters. The highest BCUT2D eigenvalue weighted by molar-refractivity contribution is 5.93. The molecule has 15 nitrogen and oxygen atoms in total. The van der Waals surface area contributed by atoms with Crippen LogP contribution in [0, 0.1) is 5.82 Å². The average molecular weight is 728 g/mol. The number of aryl methyl sites for hydroxylation is 1. The van der Waals surface area contributed by atoms with Crippen LogP contribution in [0.3, 0.4) is 0 Å². The number of carbonyl (C=O) groups excluding carboxylic acids is 2. The van der Waals surface area contributed by atoms with Crippen molar-refractivity contribution in [2.24, 2.45) is 5.73 Å². The van der Waals surface area contributed by atoms with Crippen molar-refractivity contribution in [1.82, 2.24) is 14.9 Å². The number of aliphatic carboxylic acids is 1. The normalized spacial score (nSPS) is 24.8. The maximum Gasteiger partial charge on any atom is 0.335 e. The second-order valence-electron chi connectivity index (χ2n) is 13.9. The predicted octanol–water partition coefficient (Wildman–Crippen LogP) is 1.54. The van der Waals surface area contributed by atoms with Crippen LogP contribution in [-0.4, -0.2) is 74.9 Å². The smallest absolute Gasteiger partial charge is 0.335 e. The number of hydrogen-bond acceptors (Lipinski definition) is 12. The van der Waals surface area contributed by atoms with E-state index in [2.05, 4.69) is 10.6 Å². The van der Waals surface area contributed by atoms with Gasteiger partial charge in [-0.25, -0.2) is 14.2 Å². The number of nitrogens with one attached hydrogen (secondary N) is 2. The number of aliphatic hydroxyl groups excluding tert-OH is 1. The van der Waals surface area contributed by atoms with Crippen LogP contribution in [0.4, 0.5) is 10.1 Å². The van der Waals surface area contributed by atoms with E-state index in [1.807, 2.05) is 6.07 Å². The van der Waals surface area contributed by atoms with Crippen LogP contribution in [-0.2, 0) is 61.1 Å². The molecule has 5 aliphatic rings. The third-order valence-corrected chi connectivity index (χ3v) is 10.6. The monoisotopic (exact) mass is 727 g/mol. The minimum Gasteiger partial charge on any atom is -0.479 e. The van der Waals surface area contributed by atoms with E-state index in [9.17, 15) is 33.8 Å². The molecule has 2 fully saturated rings. The zero-order chi connectivity index (χ0) is 36.7. The lowest BCUT2D eigenvalue weighted by Gasteiger charge is -2.30. The lowest BCUT2D eigenvalue weighted by atomic mass is 9.83. The van der Waals surface area contributed by atoms with Crippen molar-refractivity contribution in [1.29, 1.82) is 0 Å². The summed E-state index contributed by atoms with van der Waals surface area (Å²) in [6.07, 6.45) is -4.23. The summed E-state index contributed by atoms with van der Waals surface area (Å²) >= 11 is 0. The van der Waals surface area contributed by atoms with E-state index < -0.39 is 48.5 Å². The number of hydrogen-bond donors (Lipinski definition) is 5. The summed E-state index contributed by atoms with van der Waals surface area (Å²) in [7, 11) is 0. The number of ether oxygens (including phenoxy) is 4. The molecule has 1 amide bonds. The Morgan fingerprint density at radius 2 is 1.94 bits per heavy atom. The van der Waals surface area contributed by atoms with Gasteiger partial charge in [0.1, 0.15) is 36.5 Å².